The largest absolute Gasteiger partial charge is 0.338 e. The van der Waals surface area contributed by atoms with E-state index in [9.17, 15) is 4.79 Å². The molecule has 0 amide bonds. The number of carbonyl (C=O) groups is 1. The zero-order valence-corrected chi connectivity index (χ0v) is 11.7. The lowest BCUT2D eigenvalue weighted by Crippen LogP contribution is -2.17. The van der Waals surface area contributed by atoms with E-state index in [-0.39, 0.29) is 5.25 Å². The molecule has 0 bridgehead atoms. The third-order valence-corrected chi connectivity index (χ3v) is 4.89. The van der Waals surface area contributed by atoms with Crippen molar-refractivity contribution in [2.45, 2.75) is 29.4 Å². The van der Waals surface area contributed by atoms with Gasteiger partial charge in [-0.05, 0) is 18.1 Å². The third-order valence-electron chi connectivity index (χ3n) is 3.52. The van der Waals surface area contributed by atoms with Crippen LogP contribution >= 0.6 is 11.8 Å². The fourth-order valence-electron chi connectivity index (χ4n) is 2.40. The molecule has 0 fully saturated rings. The highest BCUT2D eigenvalue weighted by Gasteiger charge is 2.27. The van der Waals surface area contributed by atoms with Crippen molar-refractivity contribution < 1.29 is 4.79 Å². The van der Waals surface area contributed by atoms with Crippen molar-refractivity contribution in [1.29, 1.82) is 0 Å². The van der Waals surface area contributed by atoms with Crippen LogP contribution in [0, 0.1) is 0 Å². The van der Waals surface area contributed by atoms with E-state index in [4.69, 9.17) is 0 Å². The van der Waals surface area contributed by atoms with Crippen molar-refractivity contribution in [2.75, 3.05) is 0 Å². The normalized spacial score (nSPS) is 17.4. The van der Waals surface area contributed by atoms with Gasteiger partial charge in [-0.3, -0.25) is 4.79 Å². The summed E-state index contributed by atoms with van der Waals surface area (Å²) in [7, 11) is 1.97. The number of fused-ring (bicyclic) bond motifs is 1. The monoisotopic (exact) mass is 272 g/mol. The van der Waals surface area contributed by atoms with Crippen molar-refractivity contribution in [2.24, 2.45) is 7.05 Å². The number of rotatable bonds is 4. The van der Waals surface area contributed by atoms with E-state index < -0.39 is 0 Å². The molecule has 1 unspecified atom stereocenters. The summed E-state index contributed by atoms with van der Waals surface area (Å²) in [5.74, 6) is 1.32. The molecule has 1 atom stereocenters. The summed E-state index contributed by atoms with van der Waals surface area (Å²) in [6, 6.07) is 8.30. The summed E-state index contributed by atoms with van der Waals surface area (Å²) in [5.41, 5.74) is 1.31. The first-order valence-corrected chi connectivity index (χ1v) is 7.35. The number of ketones is 1. The van der Waals surface area contributed by atoms with Gasteiger partial charge >= 0.3 is 0 Å². The zero-order valence-electron chi connectivity index (χ0n) is 10.9. The number of nitrogens with zero attached hydrogens (tertiary/aromatic N) is 2. The second-order valence-electron chi connectivity index (χ2n) is 4.84. The Hall–Kier alpha value is -1.55. The minimum Gasteiger partial charge on any atom is -0.338 e. The van der Waals surface area contributed by atoms with Crippen LogP contribution in [0.15, 0.2) is 41.6 Å². The van der Waals surface area contributed by atoms with Gasteiger partial charge in [0.05, 0.1) is 5.25 Å². The molecule has 1 aliphatic heterocycles. The van der Waals surface area contributed by atoms with Crippen molar-refractivity contribution in [1.82, 2.24) is 9.55 Å². The summed E-state index contributed by atoms with van der Waals surface area (Å²) < 4.78 is 1.98. The maximum atomic E-state index is 12.3. The molecule has 0 N–H and O–H groups in total. The molecule has 1 aliphatic rings. The summed E-state index contributed by atoms with van der Waals surface area (Å²) >= 11 is 1.71. The average molecular weight is 272 g/mol. The van der Waals surface area contributed by atoms with Gasteiger partial charge < -0.3 is 4.57 Å². The van der Waals surface area contributed by atoms with Crippen molar-refractivity contribution in [3.8, 4) is 0 Å². The molecule has 2 aromatic rings. The molecule has 98 valence electrons. The lowest BCUT2D eigenvalue weighted by Gasteiger charge is -2.07. The Labute approximate surface area is 117 Å². The Bertz CT molecular complexity index is 581. The van der Waals surface area contributed by atoms with Gasteiger partial charge in [0.1, 0.15) is 11.6 Å². The predicted molar refractivity (Wildman–Crippen MR) is 76.3 cm³/mol. The van der Waals surface area contributed by atoms with E-state index in [1.54, 1.807) is 18.0 Å². The summed E-state index contributed by atoms with van der Waals surface area (Å²) in [6.45, 7) is 0. The molecule has 0 saturated heterocycles. The number of hydrogen-bond donors (Lipinski definition) is 0. The van der Waals surface area contributed by atoms with Gasteiger partial charge in [0.15, 0.2) is 0 Å². The van der Waals surface area contributed by atoms with Crippen molar-refractivity contribution in [3.63, 3.8) is 0 Å². The van der Waals surface area contributed by atoms with Gasteiger partial charge in [-0.15, -0.1) is 11.8 Å². The van der Waals surface area contributed by atoms with Crippen molar-refractivity contribution in [3.05, 3.63) is 48.0 Å². The molecule has 3 rings (SSSR count). The maximum absolute atomic E-state index is 12.3. The topological polar surface area (TPSA) is 34.9 Å². The van der Waals surface area contributed by atoms with E-state index in [1.165, 1.54) is 10.5 Å². The average Bonchev–Trinajstić information content (AvgIpc) is 3.01. The molecular weight excluding hydrogens is 256 g/mol. The number of aromatic nitrogens is 2. The van der Waals surface area contributed by atoms with E-state index in [1.807, 2.05) is 29.9 Å². The Morgan fingerprint density at radius 3 is 3.05 bits per heavy atom. The molecule has 1 aromatic heterocycles. The van der Waals surface area contributed by atoms with E-state index >= 15 is 0 Å². The second-order valence-corrected chi connectivity index (χ2v) is 6.08. The first-order chi connectivity index (χ1) is 9.24. The van der Waals surface area contributed by atoms with Crippen LogP contribution in [0.4, 0.5) is 0 Å². The van der Waals surface area contributed by atoms with Gasteiger partial charge in [-0.25, -0.2) is 4.98 Å². The minimum atomic E-state index is 0.0951. The smallest absolute Gasteiger partial charge is 0.146 e. The number of hydrogen-bond acceptors (Lipinski definition) is 3. The van der Waals surface area contributed by atoms with Gasteiger partial charge in [-0.1, -0.05) is 18.2 Å². The molecule has 0 aliphatic carbocycles. The minimum absolute atomic E-state index is 0.0951. The molecule has 3 nitrogen and oxygen atoms in total. The van der Waals surface area contributed by atoms with Gasteiger partial charge in [0, 0.05) is 37.2 Å². The standard InChI is InChI=1S/C15H16N2OS/c1-17-9-8-16-15(17)7-6-12(18)14-10-11-4-2-3-5-13(11)19-14/h2-5,8-9,14H,6-7,10H2,1H3. The van der Waals surface area contributed by atoms with E-state index in [0.717, 1.165) is 18.7 Å². The molecule has 0 radical (unpaired) electrons. The highest BCUT2D eigenvalue weighted by molar-refractivity contribution is 8.01. The molecule has 19 heavy (non-hydrogen) atoms. The molecular formula is C15H16N2OS. The number of Topliss-reactive ketones (excluding diaryl/α,β-unsaturated/α-hetero) is 1. The third kappa shape index (κ3) is 2.59. The summed E-state index contributed by atoms with van der Waals surface area (Å²) in [6.07, 6.45) is 5.88. The molecule has 2 heterocycles. The van der Waals surface area contributed by atoms with Crippen LogP contribution in [-0.2, 0) is 24.7 Å². The Kier molecular flexibility index (Phi) is 3.42. The fraction of sp³-hybridized carbons (Fsp3) is 0.333. The van der Waals surface area contributed by atoms with Crippen LogP contribution in [0.1, 0.15) is 17.8 Å². The summed E-state index contributed by atoms with van der Waals surface area (Å²) in [5, 5.41) is 0.0951. The first-order valence-electron chi connectivity index (χ1n) is 6.47. The van der Waals surface area contributed by atoms with Crippen LogP contribution < -0.4 is 0 Å². The van der Waals surface area contributed by atoms with Crippen LogP contribution in [-0.4, -0.2) is 20.6 Å². The van der Waals surface area contributed by atoms with Gasteiger partial charge in [0.25, 0.3) is 0 Å². The fourth-order valence-corrected chi connectivity index (χ4v) is 3.67. The Morgan fingerprint density at radius 2 is 2.32 bits per heavy atom. The predicted octanol–water partition coefficient (Wildman–Crippen LogP) is 2.64. The number of imidazole rings is 1. The highest BCUT2D eigenvalue weighted by Crippen LogP contribution is 2.37. The summed E-state index contributed by atoms with van der Waals surface area (Å²) in [4.78, 5) is 17.8. The van der Waals surface area contributed by atoms with Gasteiger partial charge in [-0.2, -0.15) is 0 Å². The first kappa shape index (κ1) is 12.5. The molecule has 0 spiro atoms. The molecule has 4 heteroatoms. The van der Waals surface area contributed by atoms with E-state index in [0.29, 0.717) is 12.2 Å². The lowest BCUT2D eigenvalue weighted by molar-refractivity contribution is -0.118. The quantitative estimate of drug-likeness (QED) is 0.858. The lowest BCUT2D eigenvalue weighted by atomic mass is 10.0. The Morgan fingerprint density at radius 1 is 1.47 bits per heavy atom. The van der Waals surface area contributed by atoms with Crippen molar-refractivity contribution >= 4 is 17.5 Å². The van der Waals surface area contributed by atoms with Gasteiger partial charge in [0.2, 0.25) is 0 Å². The number of aryl methyl sites for hydroxylation is 2. The maximum Gasteiger partial charge on any atom is 0.146 e. The van der Waals surface area contributed by atoms with E-state index in [2.05, 4.69) is 17.1 Å². The number of carbonyl (C=O) groups excluding carboxylic acids is 1. The van der Waals surface area contributed by atoms with Crippen LogP contribution in [0.2, 0.25) is 0 Å². The van der Waals surface area contributed by atoms with Crippen LogP contribution in [0.3, 0.4) is 0 Å². The SMILES string of the molecule is Cn1ccnc1CCC(=O)C1Cc2ccccc2S1. The Balaban J connectivity index is 1.60. The number of benzene rings is 1. The second kappa shape index (κ2) is 5.21. The molecule has 1 aromatic carbocycles. The van der Waals surface area contributed by atoms with Crippen LogP contribution in [0.5, 0.6) is 0 Å². The molecule has 0 saturated carbocycles. The highest BCUT2D eigenvalue weighted by atomic mass is 32.2. The number of thioether (sulfide) groups is 1. The zero-order chi connectivity index (χ0) is 13.2. The van der Waals surface area contributed by atoms with Crippen LogP contribution in [0.25, 0.3) is 0 Å².